The summed E-state index contributed by atoms with van der Waals surface area (Å²) in [6, 6.07) is 0.544. The van der Waals surface area contributed by atoms with Gasteiger partial charge in [0.15, 0.2) is 0 Å². The van der Waals surface area contributed by atoms with E-state index in [1.54, 1.807) is 0 Å². The van der Waals surface area contributed by atoms with Crippen molar-refractivity contribution in [2.45, 2.75) is 11.3 Å². The summed E-state index contributed by atoms with van der Waals surface area (Å²) in [7, 11) is -3.50. The second kappa shape index (κ2) is 4.78. The molecule has 11 heteroatoms. The molecule has 0 amide bonds. The van der Waals surface area contributed by atoms with Crippen molar-refractivity contribution >= 4 is 15.8 Å². The van der Waals surface area contributed by atoms with E-state index in [2.05, 4.69) is 9.72 Å². The number of nitro groups is 1. The van der Waals surface area contributed by atoms with Crippen molar-refractivity contribution in [3.05, 3.63) is 21.9 Å². The fourth-order valence-corrected chi connectivity index (χ4v) is 1.84. The van der Waals surface area contributed by atoms with Crippen LogP contribution >= 0.6 is 0 Å². The van der Waals surface area contributed by atoms with Crippen LogP contribution < -0.4 is 9.88 Å². The molecule has 0 aliphatic heterocycles. The van der Waals surface area contributed by atoms with Gasteiger partial charge in [0.25, 0.3) is 0 Å². The van der Waals surface area contributed by atoms with E-state index in [0.29, 0.717) is 6.07 Å². The molecule has 1 aromatic rings. The zero-order valence-electron chi connectivity index (χ0n) is 8.83. The van der Waals surface area contributed by atoms with Crippen LogP contribution in [-0.2, 0) is 10.0 Å². The van der Waals surface area contributed by atoms with Crippen molar-refractivity contribution in [2.75, 3.05) is 7.11 Å². The van der Waals surface area contributed by atoms with E-state index < -0.39 is 43.5 Å². The number of alkyl halides is 2. The first-order chi connectivity index (χ1) is 8.18. The predicted octanol–water partition coefficient (Wildman–Crippen LogP) is 0.583. The van der Waals surface area contributed by atoms with E-state index in [0.717, 1.165) is 7.11 Å². The van der Waals surface area contributed by atoms with Crippen LogP contribution in [0.1, 0.15) is 12.1 Å². The van der Waals surface area contributed by atoms with Gasteiger partial charge >= 0.3 is 12.2 Å². The Kier molecular flexibility index (Phi) is 3.76. The Balaban J connectivity index is 3.68. The number of nitrogens with two attached hydrogens (primary N) is 1. The molecular weight excluding hydrogens is 276 g/mol. The fourth-order valence-electron chi connectivity index (χ4n) is 1.15. The quantitative estimate of drug-likeness (QED) is 0.636. The predicted molar refractivity (Wildman–Crippen MR) is 53.8 cm³/mol. The van der Waals surface area contributed by atoms with E-state index in [1.807, 2.05) is 0 Å². The van der Waals surface area contributed by atoms with Crippen molar-refractivity contribution in [3.8, 4) is 5.75 Å². The summed E-state index contributed by atoms with van der Waals surface area (Å²) in [4.78, 5) is 11.4. The SMILES string of the molecule is COc1cc(S(N)(=O)=O)c(C(F)F)nc1[N+](=O)[O-]. The second-order valence-corrected chi connectivity index (χ2v) is 4.53. The minimum absolute atomic E-state index is 0.544. The zero-order chi connectivity index (χ0) is 14.1. The van der Waals surface area contributed by atoms with Gasteiger partial charge in [-0.1, -0.05) is 0 Å². The van der Waals surface area contributed by atoms with Crippen molar-refractivity contribution in [3.63, 3.8) is 0 Å². The summed E-state index contributed by atoms with van der Waals surface area (Å²) in [5.74, 6) is -1.59. The van der Waals surface area contributed by atoms with Gasteiger partial charge in [-0.05, 0) is 9.91 Å². The maximum Gasteiger partial charge on any atom is 0.406 e. The number of methoxy groups -OCH3 is 1. The summed E-state index contributed by atoms with van der Waals surface area (Å²) in [5, 5.41) is 15.3. The Morgan fingerprint density at radius 1 is 1.56 bits per heavy atom. The number of halogens is 2. The van der Waals surface area contributed by atoms with Crippen LogP contribution in [-0.4, -0.2) is 25.4 Å². The number of hydrogen-bond acceptors (Lipinski definition) is 6. The first kappa shape index (κ1) is 14.2. The Morgan fingerprint density at radius 2 is 2.11 bits per heavy atom. The molecule has 0 unspecified atom stereocenters. The van der Waals surface area contributed by atoms with Crippen LogP contribution in [0.2, 0.25) is 0 Å². The zero-order valence-corrected chi connectivity index (χ0v) is 9.65. The van der Waals surface area contributed by atoms with E-state index >= 15 is 0 Å². The lowest BCUT2D eigenvalue weighted by Crippen LogP contribution is -2.17. The van der Waals surface area contributed by atoms with Crippen molar-refractivity contribution in [1.82, 2.24) is 4.98 Å². The molecule has 0 saturated carbocycles. The normalized spacial score (nSPS) is 11.6. The van der Waals surface area contributed by atoms with Crippen molar-refractivity contribution < 1.29 is 26.9 Å². The van der Waals surface area contributed by atoms with Crippen molar-refractivity contribution in [1.29, 1.82) is 0 Å². The third-order valence-corrected chi connectivity index (χ3v) is 2.81. The van der Waals surface area contributed by atoms with E-state index in [-0.39, 0.29) is 0 Å². The number of nitrogens with zero attached hydrogens (tertiary/aromatic N) is 2. The molecular formula is C7H7F2N3O5S. The number of hydrogen-bond donors (Lipinski definition) is 1. The summed E-state index contributed by atoms with van der Waals surface area (Å²) < 4.78 is 51.9. The standard InChI is InChI=1S/C7H7F2N3O5S/c1-17-3-2-4(18(10,15)16)5(6(8)9)11-7(3)12(13)14/h2,6H,1H3,(H2,10,15,16). The van der Waals surface area contributed by atoms with Crippen LogP contribution in [0.5, 0.6) is 5.75 Å². The lowest BCUT2D eigenvalue weighted by molar-refractivity contribution is -0.390. The van der Waals surface area contributed by atoms with Gasteiger partial charge in [0.2, 0.25) is 21.5 Å². The summed E-state index contributed by atoms with van der Waals surface area (Å²) in [5.41, 5.74) is -1.29. The minimum Gasteiger partial charge on any atom is -0.489 e. The van der Waals surface area contributed by atoms with E-state index in [4.69, 9.17) is 5.14 Å². The molecule has 2 N–H and O–H groups in total. The smallest absolute Gasteiger partial charge is 0.406 e. The first-order valence-electron chi connectivity index (χ1n) is 4.22. The number of sulfonamides is 1. The summed E-state index contributed by atoms with van der Waals surface area (Å²) >= 11 is 0. The largest absolute Gasteiger partial charge is 0.489 e. The van der Waals surface area contributed by atoms with Crippen LogP contribution in [0.3, 0.4) is 0 Å². The van der Waals surface area contributed by atoms with Gasteiger partial charge in [0.05, 0.1) is 7.11 Å². The molecule has 1 rings (SSSR count). The van der Waals surface area contributed by atoms with Gasteiger partial charge in [-0.2, -0.15) is 0 Å². The third-order valence-electron chi connectivity index (χ3n) is 1.87. The Bertz CT molecular complexity index is 589. The Hall–Kier alpha value is -1.88. The van der Waals surface area contributed by atoms with Crippen LogP contribution in [0.15, 0.2) is 11.0 Å². The topological polar surface area (TPSA) is 125 Å². The lowest BCUT2D eigenvalue weighted by atomic mass is 10.3. The molecule has 0 aliphatic rings. The molecule has 0 fully saturated rings. The maximum atomic E-state index is 12.6. The number of primary sulfonamides is 1. The molecule has 0 aromatic carbocycles. The average molecular weight is 283 g/mol. The molecule has 0 atom stereocenters. The second-order valence-electron chi connectivity index (χ2n) is 3.00. The molecule has 0 radical (unpaired) electrons. The summed E-state index contributed by atoms with van der Waals surface area (Å²) in [6.45, 7) is 0. The minimum atomic E-state index is -4.50. The molecule has 1 heterocycles. The number of rotatable bonds is 4. The van der Waals surface area contributed by atoms with Gasteiger partial charge in [-0.15, -0.1) is 0 Å². The number of pyridine rings is 1. The molecule has 8 nitrogen and oxygen atoms in total. The highest BCUT2D eigenvalue weighted by molar-refractivity contribution is 7.89. The van der Waals surface area contributed by atoms with Gasteiger partial charge < -0.3 is 14.9 Å². The molecule has 100 valence electrons. The van der Waals surface area contributed by atoms with E-state index in [9.17, 15) is 27.3 Å². The third kappa shape index (κ3) is 2.68. The highest BCUT2D eigenvalue weighted by Gasteiger charge is 2.32. The van der Waals surface area contributed by atoms with Gasteiger partial charge in [-0.25, -0.2) is 22.3 Å². The van der Waals surface area contributed by atoms with Gasteiger partial charge in [0.1, 0.15) is 4.90 Å². The van der Waals surface area contributed by atoms with E-state index in [1.165, 1.54) is 0 Å². The highest BCUT2D eigenvalue weighted by Crippen LogP contribution is 2.33. The number of ether oxygens (including phenoxy) is 1. The molecule has 0 spiro atoms. The highest BCUT2D eigenvalue weighted by atomic mass is 32.2. The Labute approximate surface area is 99.6 Å². The lowest BCUT2D eigenvalue weighted by Gasteiger charge is -2.06. The monoisotopic (exact) mass is 283 g/mol. The van der Waals surface area contributed by atoms with Crippen LogP contribution in [0, 0.1) is 10.1 Å². The molecule has 1 aromatic heterocycles. The fraction of sp³-hybridized carbons (Fsp3) is 0.286. The molecule has 18 heavy (non-hydrogen) atoms. The van der Waals surface area contributed by atoms with Crippen LogP contribution in [0.4, 0.5) is 14.6 Å². The molecule has 0 aliphatic carbocycles. The van der Waals surface area contributed by atoms with Crippen LogP contribution in [0.25, 0.3) is 0 Å². The molecule has 0 bridgehead atoms. The first-order valence-corrected chi connectivity index (χ1v) is 5.77. The molecule has 0 saturated heterocycles. The average Bonchev–Trinajstić information content (AvgIpc) is 2.25. The van der Waals surface area contributed by atoms with Gasteiger partial charge in [-0.3, -0.25) is 0 Å². The number of aromatic nitrogens is 1. The summed E-state index contributed by atoms with van der Waals surface area (Å²) in [6.07, 6.45) is -3.33. The maximum absolute atomic E-state index is 12.6. The van der Waals surface area contributed by atoms with Crippen molar-refractivity contribution in [2.24, 2.45) is 5.14 Å². The Morgan fingerprint density at radius 3 is 2.44 bits per heavy atom. The van der Waals surface area contributed by atoms with Gasteiger partial charge in [0, 0.05) is 6.07 Å².